The van der Waals surface area contributed by atoms with Crippen LogP contribution < -0.4 is 10.6 Å². The fourth-order valence-corrected chi connectivity index (χ4v) is 3.44. The van der Waals surface area contributed by atoms with Crippen molar-refractivity contribution < 1.29 is 9.21 Å². The maximum Gasteiger partial charge on any atom is 0.287 e. The Morgan fingerprint density at radius 1 is 1.14 bits per heavy atom. The first-order valence-electron chi connectivity index (χ1n) is 7.52. The van der Waals surface area contributed by atoms with E-state index in [4.69, 9.17) is 4.42 Å². The minimum atomic E-state index is -0.114. The highest BCUT2D eigenvalue weighted by Crippen LogP contribution is 2.28. The van der Waals surface area contributed by atoms with Crippen molar-refractivity contribution in [1.82, 2.24) is 10.6 Å². The molecule has 2 N–H and O–H groups in total. The molecule has 2 bridgehead atoms. The van der Waals surface area contributed by atoms with E-state index in [-0.39, 0.29) is 24.4 Å². The molecule has 1 aromatic heterocycles. The topological polar surface area (TPSA) is 54.3 Å². The zero-order valence-electron chi connectivity index (χ0n) is 12.1. The molecular formula is C17H19ClN2O2. The summed E-state index contributed by atoms with van der Waals surface area (Å²) in [6, 6.07) is 14.7. The number of nitrogens with one attached hydrogen (secondary N) is 2. The fourth-order valence-electron chi connectivity index (χ4n) is 3.44. The van der Waals surface area contributed by atoms with Crippen LogP contribution in [0.5, 0.6) is 0 Å². The van der Waals surface area contributed by atoms with E-state index in [1.54, 1.807) is 6.07 Å². The molecule has 5 heteroatoms. The molecular weight excluding hydrogens is 300 g/mol. The molecule has 2 saturated heterocycles. The van der Waals surface area contributed by atoms with E-state index in [1.165, 1.54) is 6.42 Å². The number of hydrogen-bond donors (Lipinski definition) is 2. The van der Waals surface area contributed by atoms with Crippen molar-refractivity contribution in [3.05, 3.63) is 48.2 Å². The van der Waals surface area contributed by atoms with Gasteiger partial charge in [-0.1, -0.05) is 30.3 Å². The molecule has 3 heterocycles. The Morgan fingerprint density at radius 3 is 2.64 bits per heavy atom. The van der Waals surface area contributed by atoms with Crippen molar-refractivity contribution in [2.24, 2.45) is 0 Å². The van der Waals surface area contributed by atoms with Crippen LogP contribution in [0, 0.1) is 0 Å². The Kier molecular flexibility index (Phi) is 4.23. The SMILES string of the molecule is Cl.O=C(N[C@@H]1C[C@H]2CC[C@@H]1N2)c1ccc(-c2ccccc2)o1. The largest absolute Gasteiger partial charge is 0.451 e. The molecule has 0 saturated carbocycles. The molecule has 3 atom stereocenters. The minimum Gasteiger partial charge on any atom is -0.451 e. The zero-order chi connectivity index (χ0) is 14.2. The predicted molar refractivity (Wildman–Crippen MR) is 87.2 cm³/mol. The maximum atomic E-state index is 12.3. The number of hydrogen-bond acceptors (Lipinski definition) is 3. The summed E-state index contributed by atoms with van der Waals surface area (Å²) in [5.74, 6) is 1.000. The standard InChI is InChI=1S/C17H18N2O2.ClH/c20-17(19-14-10-12-6-7-13(14)18-12)16-9-8-15(21-16)11-4-2-1-3-5-11;/h1-5,8-9,12-14,18H,6-7,10H2,(H,19,20);1H/t12-,13+,14-;/m1./s1. The van der Waals surface area contributed by atoms with Gasteiger partial charge in [-0.2, -0.15) is 0 Å². The lowest BCUT2D eigenvalue weighted by molar-refractivity contribution is 0.0903. The van der Waals surface area contributed by atoms with Gasteiger partial charge in [-0.15, -0.1) is 12.4 Å². The maximum absolute atomic E-state index is 12.3. The quantitative estimate of drug-likeness (QED) is 0.914. The zero-order valence-corrected chi connectivity index (χ0v) is 12.9. The summed E-state index contributed by atoms with van der Waals surface area (Å²) in [5, 5.41) is 6.62. The van der Waals surface area contributed by atoms with E-state index >= 15 is 0 Å². The van der Waals surface area contributed by atoms with Gasteiger partial charge in [0.25, 0.3) is 5.91 Å². The molecule has 0 aliphatic carbocycles. The van der Waals surface area contributed by atoms with Crippen LogP contribution in [0.25, 0.3) is 11.3 Å². The van der Waals surface area contributed by atoms with Gasteiger partial charge in [0.2, 0.25) is 0 Å². The normalized spacial score (nSPS) is 25.7. The van der Waals surface area contributed by atoms with E-state index in [9.17, 15) is 4.79 Å². The first kappa shape index (κ1) is 15.1. The van der Waals surface area contributed by atoms with Crippen LogP contribution in [-0.2, 0) is 0 Å². The van der Waals surface area contributed by atoms with Gasteiger partial charge >= 0.3 is 0 Å². The number of amides is 1. The third-order valence-corrected chi connectivity index (χ3v) is 4.50. The molecule has 2 aromatic rings. The summed E-state index contributed by atoms with van der Waals surface area (Å²) in [7, 11) is 0. The Hall–Kier alpha value is -1.78. The summed E-state index contributed by atoms with van der Waals surface area (Å²) in [4.78, 5) is 12.3. The molecule has 2 aliphatic rings. The second kappa shape index (κ2) is 6.15. The van der Waals surface area contributed by atoms with Gasteiger partial charge in [-0.3, -0.25) is 4.79 Å². The monoisotopic (exact) mass is 318 g/mol. The van der Waals surface area contributed by atoms with E-state index in [0.717, 1.165) is 24.2 Å². The predicted octanol–water partition coefficient (Wildman–Crippen LogP) is 2.99. The average molecular weight is 319 g/mol. The number of carbonyl (C=O) groups is 1. The summed E-state index contributed by atoms with van der Waals surface area (Å²) in [6.07, 6.45) is 3.42. The van der Waals surface area contributed by atoms with Gasteiger partial charge in [0.15, 0.2) is 5.76 Å². The molecule has 22 heavy (non-hydrogen) atoms. The van der Waals surface area contributed by atoms with Crippen molar-refractivity contribution >= 4 is 18.3 Å². The van der Waals surface area contributed by atoms with E-state index in [1.807, 2.05) is 36.4 Å². The minimum absolute atomic E-state index is 0. The highest BCUT2D eigenvalue weighted by molar-refractivity contribution is 5.92. The number of furan rings is 1. The van der Waals surface area contributed by atoms with Crippen LogP contribution in [0.1, 0.15) is 29.8 Å². The van der Waals surface area contributed by atoms with Crippen molar-refractivity contribution in [2.45, 2.75) is 37.4 Å². The third-order valence-electron chi connectivity index (χ3n) is 4.50. The highest BCUT2D eigenvalue weighted by Gasteiger charge is 2.39. The molecule has 1 amide bonds. The second-order valence-corrected chi connectivity index (χ2v) is 5.89. The van der Waals surface area contributed by atoms with Crippen molar-refractivity contribution in [1.29, 1.82) is 0 Å². The van der Waals surface area contributed by atoms with Crippen LogP contribution in [0.3, 0.4) is 0 Å². The van der Waals surface area contributed by atoms with Gasteiger partial charge in [0.05, 0.1) is 0 Å². The summed E-state index contributed by atoms with van der Waals surface area (Å²) in [5.41, 5.74) is 0.984. The van der Waals surface area contributed by atoms with E-state index < -0.39 is 0 Å². The van der Waals surface area contributed by atoms with Crippen molar-refractivity contribution in [3.63, 3.8) is 0 Å². The first-order valence-corrected chi connectivity index (χ1v) is 7.52. The lowest BCUT2D eigenvalue weighted by Crippen LogP contribution is -2.42. The molecule has 4 rings (SSSR count). The summed E-state index contributed by atoms with van der Waals surface area (Å²) < 4.78 is 5.69. The van der Waals surface area contributed by atoms with Crippen LogP contribution in [0.2, 0.25) is 0 Å². The number of benzene rings is 1. The average Bonchev–Trinajstić information content (AvgIpc) is 3.24. The number of fused-ring (bicyclic) bond motifs is 2. The fraction of sp³-hybridized carbons (Fsp3) is 0.353. The van der Waals surface area contributed by atoms with Crippen LogP contribution in [0.15, 0.2) is 46.9 Å². The Labute approximate surface area is 135 Å². The second-order valence-electron chi connectivity index (χ2n) is 5.89. The molecule has 2 fully saturated rings. The number of rotatable bonds is 3. The molecule has 4 nitrogen and oxygen atoms in total. The van der Waals surface area contributed by atoms with Crippen LogP contribution in [-0.4, -0.2) is 24.0 Å². The number of carbonyl (C=O) groups excluding carboxylic acids is 1. The van der Waals surface area contributed by atoms with E-state index in [2.05, 4.69) is 10.6 Å². The Balaban J connectivity index is 0.00000144. The smallest absolute Gasteiger partial charge is 0.287 e. The van der Waals surface area contributed by atoms with Gasteiger partial charge in [0, 0.05) is 23.7 Å². The first-order chi connectivity index (χ1) is 10.3. The summed E-state index contributed by atoms with van der Waals surface area (Å²) >= 11 is 0. The van der Waals surface area contributed by atoms with Crippen molar-refractivity contribution in [2.75, 3.05) is 0 Å². The van der Waals surface area contributed by atoms with Gasteiger partial charge in [-0.25, -0.2) is 0 Å². The van der Waals surface area contributed by atoms with Gasteiger partial charge < -0.3 is 15.1 Å². The lowest BCUT2D eigenvalue weighted by Gasteiger charge is -2.20. The molecule has 0 unspecified atom stereocenters. The van der Waals surface area contributed by atoms with Gasteiger partial charge in [-0.05, 0) is 31.4 Å². The van der Waals surface area contributed by atoms with Crippen LogP contribution in [0.4, 0.5) is 0 Å². The Bertz CT molecular complexity index is 656. The highest BCUT2D eigenvalue weighted by atomic mass is 35.5. The van der Waals surface area contributed by atoms with Crippen LogP contribution >= 0.6 is 12.4 Å². The van der Waals surface area contributed by atoms with E-state index in [0.29, 0.717) is 17.8 Å². The molecule has 0 spiro atoms. The molecule has 2 aliphatic heterocycles. The number of halogens is 1. The van der Waals surface area contributed by atoms with Gasteiger partial charge in [0.1, 0.15) is 5.76 Å². The molecule has 1 aromatic carbocycles. The third kappa shape index (κ3) is 2.76. The Morgan fingerprint density at radius 2 is 1.95 bits per heavy atom. The summed E-state index contributed by atoms with van der Waals surface area (Å²) in [6.45, 7) is 0. The molecule has 0 radical (unpaired) electrons. The molecule has 116 valence electrons. The lowest BCUT2D eigenvalue weighted by atomic mass is 9.95. The van der Waals surface area contributed by atoms with Crippen molar-refractivity contribution in [3.8, 4) is 11.3 Å².